The lowest BCUT2D eigenvalue weighted by molar-refractivity contribution is 0.863. The molecule has 0 heteroatoms. The first-order chi connectivity index (χ1) is 8.69. The molecule has 0 saturated heterocycles. The van der Waals surface area contributed by atoms with Crippen molar-refractivity contribution in [2.45, 2.75) is 39.5 Å². The van der Waals surface area contributed by atoms with Gasteiger partial charge >= 0.3 is 0 Å². The third-order valence-electron chi connectivity index (χ3n) is 3.43. The minimum atomic E-state index is 0.604. The van der Waals surface area contributed by atoms with Crippen LogP contribution in [-0.2, 0) is 12.8 Å². The van der Waals surface area contributed by atoms with Crippen LogP contribution in [0, 0.1) is 0 Å². The van der Waals surface area contributed by atoms with Crippen molar-refractivity contribution in [1.29, 1.82) is 0 Å². The lowest BCUT2D eigenvalue weighted by Gasteiger charge is -2.09. The van der Waals surface area contributed by atoms with E-state index < -0.39 is 0 Å². The first-order valence-corrected chi connectivity index (χ1v) is 6.85. The Morgan fingerprint density at radius 2 is 1.44 bits per heavy atom. The molecule has 0 nitrogen and oxygen atoms in total. The second kappa shape index (κ2) is 5.86. The van der Waals surface area contributed by atoms with Crippen LogP contribution >= 0.6 is 0 Å². The molecule has 0 atom stereocenters. The summed E-state index contributed by atoms with van der Waals surface area (Å²) in [5, 5.41) is 0. The first-order valence-electron chi connectivity index (χ1n) is 6.85. The van der Waals surface area contributed by atoms with Crippen LogP contribution in [0.15, 0.2) is 48.5 Å². The average Bonchev–Trinajstić information content (AvgIpc) is 2.39. The molecule has 0 aliphatic carbocycles. The van der Waals surface area contributed by atoms with Gasteiger partial charge in [0.1, 0.15) is 0 Å². The lowest BCUT2D eigenvalue weighted by atomic mass is 9.97. The maximum Gasteiger partial charge on any atom is -0.00256 e. The first kappa shape index (κ1) is 12.9. The van der Waals surface area contributed by atoms with Gasteiger partial charge in [-0.3, -0.25) is 0 Å². The molecule has 0 aromatic heterocycles. The van der Waals surface area contributed by atoms with Gasteiger partial charge in [-0.15, -0.1) is 0 Å². The summed E-state index contributed by atoms with van der Waals surface area (Å²) < 4.78 is 0. The average molecular weight is 238 g/mol. The van der Waals surface area contributed by atoms with E-state index in [4.69, 9.17) is 0 Å². The quantitative estimate of drug-likeness (QED) is 0.706. The Balaban J connectivity index is 2.20. The topological polar surface area (TPSA) is 0 Å². The van der Waals surface area contributed by atoms with Crippen molar-refractivity contribution in [1.82, 2.24) is 0 Å². The maximum atomic E-state index is 2.34. The molecule has 0 unspecified atom stereocenters. The van der Waals surface area contributed by atoms with Gasteiger partial charge in [-0.25, -0.2) is 0 Å². The van der Waals surface area contributed by atoms with Crippen molar-refractivity contribution in [3.63, 3.8) is 0 Å². The molecule has 0 radical (unpaired) electrons. The molecule has 2 aromatic carbocycles. The van der Waals surface area contributed by atoms with Crippen LogP contribution < -0.4 is 0 Å². The van der Waals surface area contributed by atoms with E-state index in [1.54, 1.807) is 0 Å². The van der Waals surface area contributed by atoms with Gasteiger partial charge in [0.2, 0.25) is 0 Å². The van der Waals surface area contributed by atoms with E-state index in [0.29, 0.717) is 5.92 Å². The van der Waals surface area contributed by atoms with Crippen LogP contribution in [0.1, 0.15) is 48.9 Å². The molecule has 94 valence electrons. The molecule has 0 amide bonds. The van der Waals surface area contributed by atoms with E-state index in [2.05, 4.69) is 69.3 Å². The summed E-state index contributed by atoms with van der Waals surface area (Å²) in [6.45, 7) is 6.70. The molecule has 0 aliphatic rings. The summed E-state index contributed by atoms with van der Waals surface area (Å²) >= 11 is 0. The number of aryl methyl sites for hydroxylation is 1. The van der Waals surface area contributed by atoms with Gasteiger partial charge < -0.3 is 0 Å². The van der Waals surface area contributed by atoms with E-state index in [-0.39, 0.29) is 0 Å². The van der Waals surface area contributed by atoms with Crippen molar-refractivity contribution in [3.8, 4) is 0 Å². The van der Waals surface area contributed by atoms with Gasteiger partial charge in [0.15, 0.2) is 0 Å². The standard InChI is InChI=1S/C18H22/c1-4-15-7-5-8-16(11-15)12-17-9-6-10-18(13-17)14(2)3/h5-11,13-14H,4,12H2,1-3H3. The summed E-state index contributed by atoms with van der Waals surface area (Å²) in [5.41, 5.74) is 5.68. The summed E-state index contributed by atoms with van der Waals surface area (Å²) in [6.07, 6.45) is 2.15. The maximum absolute atomic E-state index is 2.34. The van der Waals surface area contributed by atoms with Gasteiger partial charge in [-0.05, 0) is 41.0 Å². The van der Waals surface area contributed by atoms with E-state index in [1.165, 1.54) is 22.3 Å². The monoisotopic (exact) mass is 238 g/mol. The molecule has 0 saturated carbocycles. The Kier molecular flexibility index (Phi) is 4.19. The number of hydrogen-bond donors (Lipinski definition) is 0. The molecule has 0 spiro atoms. The van der Waals surface area contributed by atoms with Gasteiger partial charge in [-0.2, -0.15) is 0 Å². The predicted molar refractivity (Wildman–Crippen MR) is 79.2 cm³/mol. The van der Waals surface area contributed by atoms with Gasteiger partial charge in [0.25, 0.3) is 0 Å². The van der Waals surface area contributed by atoms with E-state index in [0.717, 1.165) is 12.8 Å². The third kappa shape index (κ3) is 3.22. The molecular formula is C18H22. The summed E-state index contributed by atoms with van der Waals surface area (Å²) in [5.74, 6) is 0.604. The summed E-state index contributed by atoms with van der Waals surface area (Å²) in [6, 6.07) is 17.9. The molecule has 2 rings (SSSR count). The van der Waals surface area contributed by atoms with E-state index >= 15 is 0 Å². The predicted octanol–water partition coefficient (Wildman–Crippen LogP) is 4.96. The van der Waals surface area contributed by atoms with Gasteiger partial charge in [0.05, 0.1) is 0 Å². The Labute approximate surface area is 111 Å². The second-order valence-corrected chi connectivity index (χ2v) is 5.25. The van der Waals surface area contributed by atoms with Gasteiger partial charge in [0, 0.05) is 0 Å². The van der Waals surface area contributed by atoms with Crippen molar-refractivity contribution < 1.29 is 0 Å². The smallest absolute Gasteiger partial charge is 0.00256 e. The molecule has 2 aromatic rings. The summed E-state index contributed by atoms with van der Waals surface area (Å²) in [7, 11) is 0. The molecular weight excluding hydrogens is 216 g/mol. The molecule has 0 bridgehead atoms. The fourth-order valence-corrected chi connectivity index (χ4v) is 2.26. The van der Waals surface area contributed by atoms with Crippen LogP contribution in [0.3, 0.4) is 0 Å². The largest absolute Gasteiger partial charge is 0.0617 e. The minimum absolute atomic E-state index is 0.604. The molecule has 0 aliphatic heterocycles. The Bertz CT molecular complexity index is 509. The molecule has 0 N–H and O–H groups in total. The number of benzene rings is 2. The Morgan fingerprint density at radius 1 is 0.833 bits per heavy atom. The van der Waals surface area contributed by atoms with Crippen LogP contribution in [0.25, 0.3) is 0 Å². The highest BCUT2D eigenvalue weighted by atomic mass is 14.1. The van der Waals surface area contributed by atoms with Crippen molar-refractivity contribution >= 4 is 0 Å². The van der Waals surface area contributed by atoms with Crippen molar-refractivity contribution in [3.05, 3.63) is 70.8 Å². The van der Waals surface area contributed by atoms with Crippen molar-refractivity contribution in [2.75, 3.05) is 0 Å². The lowest BCUT2D eigenvalue weighted by Crippen LogP contribution is -1.93. The number of rotatable bonds is 4. The van der Waals surface area contributed by atoms with E-state index in [1.807, 2.05) is 0 Å². The zero-order valence-corrected chi connectivity index (χ0v) is 11.6. The zero-order chi connectivity index (χ0) is 13.0. The van der Waals surface area contributed by atoms with Crippen LogP contribution in [0.2, 0.25) is 0 Å². The third-order valence-corrected chi connectivity index (χ3v) is 3.43. The fourth-order valence-electron chi connectivity index (χ4n) is 2.26. The highest BCUT2D eigenvalue weighted by molar-refractivity contribution is 5.32. The minimum Gasteiger partial charge on any atom is -0.0617 e. The van der Waals surface area contributed by atoms with Crippen LogP contribution in [0.4, 0.5) is 0 Å². The molecule has 18 heavy (non-hydrogen) atoms. The van der Waals surface area contributed by atoms with Crippen LogP contribution in [0.5, 0.6) is 0 Å². The number of hydrogen-bond acceptors (Lipinski definition) is 0. The Morgan fingerprint density at radius 3 is 2.11 bits per heavy atom. The summed E-state index contributed by atoms with van der Waals surface area (Å²) in [4.78, 5) is 0. The SMILES string of the molecule is CCc1cccc(Cc2cccc(C(C)C)c2)c1. The second-order valence-electron chi connectivity index (χ2n) is 5.25. The fraction of sp³-hybridized carbons (Fsp3) is 0.333. The van der Waals surface area contributed by atoms with E-state index in [9.17, 15) is 0 Å². The highest BCUT2D eigenvalue weighted by Crippen LogP contribution is 2.18. The molecule has 0 fully saturated rings. The highest BCUT2D eigenvalue weighted by Gasteiger charge is 2.02. The Hall–Kier alpha value is -1.56. The van der Waals surface area contributed by atoms with Crippen LogP contribution in [-0.4, -0.2) is 0 Å². The zero-order valence-electron chi connectivity index (χ0n) is 11.6. The molecule has 0 heterocycles. The normalized spacial score (nSPS) is 10.9. The van der Waals surface area contributed by atoms with Gasteiger partial charge in [-0.1, -0.05) is 69.3 Å². The van der Waals surface area contributed by atoms with Crippen molar-refractivity contribution in [2.24, 2.45) is 0 Å².